The van der Waals surface area contributed by atoms with Crippen LogP contribution in [0, 0.1) is 6.92 Å². The first-order chi connectivity index (χ1) is 13.0. The Hall–Kier alpha value is -3.00. The van der Waals surface area contributed by atoms with Crippen molar-refractivity contribution in [3.05, 3.63) is 70.0 Å². The van der Waals surface area contributed by atoms with Gasteiger partial charge in [0, 0.05) is 5.56 Å². The first-order valence-corrected chi connectivity index (χ1v) is 8.82. The highest BCUT2D eigenvalue weighted by Crippen LogP contribution is 2.25. The van der Waals surface area contributed by atoms with Crippen molar-refractivity contribution in [1.82, 2.24) is 15.0 Å². The smallest absolute Gasteiger partial charge is 0.361 e. The Morgan fingerprint density at radius 3 is 2.52 bits per heavy atom. The predicted molar refractivity (Wildman–Crippen MR) is 101 cm³/mol. The Bertz CT molecular complexity index is 986. The molecule has 3 rings (SSSR count). The highest BCUT2D eigenvalue weighted by Gasteiger charge is 2.19. The van der Waals surface area contributed by atoms with Crippen LogP contribution >= 0.6 is 15.9 Å². The van der Waals surface area contributed by atoms with Crippen LogP contribution in [0.3, 0.4) is 0 Å². The molecule has 0 bridgehead atoms. The number of ketones is 1. The molecule has 0 aliphatic heterocycles. The maximum absolute atomic E-state index is 12.3. The van der Waals surface area contributed by atoms with E-state index in [0.717, 1.165) is 5.69 Å². The average molecular weight is 430 g/mol. The highest BCUT2D eigenvalue weighted by atomic mass is 79.9. The molecule has 0 unspecified atom stereocenters. The Labute approximate surface area is 164 Å². The summed E-state index contributed by atoms with van der Waals surface area (Å²) in [5.41, 5.74) is 1.62. The molecule has 0 saturated carbocycles. The minimum absolute atomic E-state index is 0.0718. The maximum atomic E-state index is 12.3. The lowest BCUT2D eigenvalue weighted by molar-refractivity contribution is 0.0467. The fourth-order valence-electron chi connectivity index (χ4n) is 2.37. The zero-order valence-electron chi connectivity index (χ0n) is 14.7. The average Bonchev–Trinajstić information content (AvgIpc) is 3.08. The number of hydrogen-bond acceptors (Lipinski definition) is 6. The van der Waals surface area contributed by atoms with Gasteiger partial charge in [-0.15, -0.1) is 5.10 Å². The van der Waals surface area contributed by atoms with Gasteiger partial charge in [-0.3, -0.25) is 4.79 Å². The lowest BCUT2D eigenvalue weighted by Crippen LogP contribution is -2.15. The number of ether oxygens (including phenoxy) is 2. The highest BCUT2D eigenvalue weighted by molar-refractivity contribution is 9.10. The summed E-state index contributed by atoms with van der Waals surface area (Å²) in [5, 5.41) is 8.38. The Balaban J connectivity index is 1.68. The van der Waals surface area contributed by atoms with E-state index < -0.39 is 12.6 Å². The number of hydrogen-bond donors (Lipinski definition) is 0. The van der Waals surface area contributed by atoms with Crippen LogP contribution in [0.25, 0.3) is 5.69 Å². The molecule has 7 nitrogen and oxygen atoms in total. The third-order valence-electron chi connectivity index (χ3n) is 3.77. The molecule has 2 aromatic carbocycles. The second-order valence-electron chi connectivity index (χ2n) is 5.61. The van der Waals surface area contributed by atoms with Crippen LogP contribution in [0.5, 0.6) is 5.75 Å². The van der Waals surface area contributed by atoms with E-state index in [9.17, 15) is 9.59 Å². The lowest BCUT2D eigenvalue weighted by atomic mass is 10.1. The molecule has 3 aromatic rings. The summed E-state index contributed by atoms with van der Waals surface area (Å²) in [6.45, 7) is 1.26. The van der Waals surface area contributed by atoms with Crippen molar-refractivity contribution >= 4 is 27.7 Å². The van der Waals surface area contributed by atoms with Gasteiger partial charge in [-0.25, -0.2) is 4.79 Å². The van der Waals surface area contributed by atoms with Gasteiger partial charge in [0.1, 0.15) is 5.75 Å². The van der Waals surface area contributed by atoms with Crippen LogP contribution in [0.15, 0.2) is 53.0 Å². The van der Waals surface area contributed by atoms with Crippen molar-refractivity contribution in [2.24, 2.45) is 0 Å². The summed E-state index contributed by atoms with van der Waals surface area (Å²) in [6, 6.07) is 14.1. The number of benzene rings is 2. The van der Waals surface area contributed by atoms with Gasteiger partial charge in [0.25, 0.3) is 0 Å². The Morgan fingerprint density at radius 2 is 1.85 bits per heavy atom. The molecule has 1 aromatic heterocycles. The Morgan fingerprint density at radius 1 is 1.11 bits per heavy atom. The monoisotopic (exact) mass is 429 g/mol. The van der Waals surface area contributed by atoms with E-state index in [4.69, 9.17) is 9.47 Å². The lowest BCUT2D eigenvalue weighted by Gasteiger charge is -2.06. The van der Waals surface area contributed by atoms with E-state index in [1.807, 2.05) is 30.3 Å². The van der Waals surface area contributed by atoms with Crippen LogP contribution in [-0.4, -0.2) is 40.5 Å². The van der Waals surface area contributed by atoms with E-state index in [1.165, 1.54) is 11.9 Å². The molecule has 0 fully saturated rings. The van der Waals surface area contributed by atoms with Gasteiger partial charge in [-0.2, -0.15) is 9.90 Å². The zero-order valence-corrected chi connectivity index (χ0v) is 16.3. The molecular weight excluding hydrogens is 414 g/mol. The summed E-state index contributed by atoms with van der Waals surface area (Å²) in [7, 11) is 1.54. The second kappa shape index (κ2) is 8.13. The van der Waals surface area contributed by atoms with Crippen LogP contribution in [0.4, 0.5) is 0 Å². The van der Waals surface area contributed by atoms with Crippen molar-refractivity contribution in [2.75, 3.05) is 13.7 Å². The van der Waals surface area contributed by atoms with E-state index in [1.54, 1.807) is 25.1 Å². The van der Waals surface area contributed by atoms with Crippen LogP contribution in [0.1, 0.15) is 26.5 Å². The van der Waals surface area contributed by atoms with Gasteiger partial charge in [-0.1, -0.05) is 18.2 Å². The molecule has 138 valence electrons. The van der Waals surface area contributed by atoms with Crippen molar-refractivity contribution in [3.63, 3.8) is 0 Å². The van der Waals surface area contributed by atoms with Gasteiger partial charge in [0.15, 0.2) is 18.1 Å². The summed E-state index contributed by atoms with van der Waals surface area (Å²) < 4.78 is 10.9. The van der Waals surface area contributed by atoms with Crippen LogP contribution < -0.4 is 4.74 Å². The standard InChI is InChI=1S/C19H16BrN3O4/c1-12-18(22-23(21-12)14-6-4-3-5-7-14)19(25)27-11-16(24)13-8-9-17(26-2)15(20)10-13/h3-10H,11H2,1-2H3. The first-order valence-electron chi connectivity index (χ1n) is 8.03. The molecular formula is C19H16BrN3O4. The molecule has 1 heterocycles. The van der Waals surface area contributed by atoms with Gasteiger partial charge < -0.3 is 9.47 Å². The zero-order chi connectivity index (χ0) is 19.4. The van der Waals surface area contributed by atoms with Crippen molar-refractivity contribution in [1.29, 1.82) is 0 Å². The number of para-hydroxylation sites is 1. The SMILES string of the molecule is COc1ccc(C(=O)COC(=O)c2nn(-c3ccccc3)nc2C)cc1Br. The number of esters is 1. The summed E-state index contributed by atoms with van der Waals surface area (Å²) >= 11 is 3.32. The summed E-state index contributed by atoms with van der Waals surface area (Å²) in [4.78, 5) is 25.9. The molecule has 0 radical (unpaired) electrons. The van der Waals surface area contributed by atoms with Gasteiger partial charge in [-0.05, 0) is 53.2 Å². The molecule has 0 N–H and O–H groups in total. The van der Waals surface area contributed by atoms with E-state index >= 15 is 0 Å². The van der Waals surface area contributed by atoms with E-state index in [0.29, 0.717) is 21.5 Å². The topological polar surface area (TPSA) is 83.3 Å². The Kier molecular flexibility index (Phi) is 5.66. The molecule has 0 atom stereocenters. The summed E-state index contributed by atoms with van der Waals surface area (Å²) in [5.74, 6) is -0.424. The largest absolute Gasteiger partial charge is 0.496 e. The van der Waals surface area contributed by atoms with Gasteiger partial charge in [0.05, 0.1) is 23.0 Å². The van der Waals surface area contributed by atoms with Crippen molar-refractivity contribution in [2.45, 2.75) is 6.92 Å². The fourth-order valence-corrected chi connectivity index (χ4v) is 2.91. The van der Waals surface area contributed by atoms with Crippen LogP contribution in [-0.2, 0) is 4.74 Å². The molecule has 0 aliphatic rings. The number of Topliss-reactive ketones (excluding diaryl/α,β-unsaturated/α-hetero) is 1. The van der Waals surface area contributed by atoms with Gasteiger partial charge >= 0.3 is 5.97 Å². The number of methoxy groups -OCH3 is 1. The molecule has 0 amide bonds. The van der Waals surface area contributed by atoms with Crippen molar-refractivity contribution < 1.29 is 19.1 Å². The second-order valence-corrected chi connectivity index (χ2v) is 6.46. The summed E-state index contributed by atoms with van der Waals surface area (Å²) in [6.07, 6.45) is 0. The fraction of sp³-hybridized carbons (Fsp3) is 0.158. The number of aromatic nitrogens is 3. The minimum Gasteiger partial charge on any atom is -0.496 e. The quantitative estimate of drug-likeness (QED) is 0.441. The van der Waals surface area contributed by atoms with E-state index in [2.05, 4.69) is 26.1 Å². The number of carbonyl (C=O) groups is 2. The predicted octanol–water partition coefficient (Wildman–Crippen LogP) is 3.39. The number of carbonyl (C=O) groups excluding carboxylic acids is 2. The van der Waals surface area contributed by atoms with E-state index in [-0.39, 0.29) is 11.5 Å². The molecule has 0 saturated heterocycles. The van der Waals surface area contributed by atoms with Crippen molar-refractivity contribution in [3.8, 4) is 11.4 Å². The number of nitrogens with zero attached hydrogens (tertiary/aromatic N) is 3. The maximum Gasteiger partial charge on any atom is 0.361 e. The normalized spacial score (nSPS) is 10.5. The molecule has 0 spiro atoms. The third kappa shape index (κ3) is 4.22. The number of halogens is 1. The molecule has 27 heavy (non-hydrogen) atoms. The van der Waals surface area contributed by atoms with Crippen LogP contribution in [0.2, 0.25) is 0 Å². The minimum atomic E-state index is -0.699. The first kappa shape index (κ1) is 18.8. The van der Waals surface area contributed by atoms with Gasteiger partial charge in [0.2, 0.25) is 0 Å². The third-order valence-corrected chi connectivity index (χ3v) is 4.39. The number of aryl methyl sites for hydroxylation is 1. The molecule has 8 heteroatoms. The number of rotatable bonds is 6. The molecule has 0 aliphatic carbocycles.